The van der Waals surface area contributed by atoms with Crippen molar-refractivity contribution in [2.45, 2.75) is 20.8 Å². The Labute approximate surface area is 83.7 Å². The first kappa shape index (κ1) is 12.6. The average Bonchev–Trinajstić information content (AvgIpc) is 2.24. The lowest BCUT2D eigenvalue weighted by Gasteiger charge is -2.00. The first-order chi connectivity index (χ1) is 6.65. The smallest absolute Gasteiger partial charge is 0.337 e. The summed E-state index contributed by atoms with van der Waals surface area (Å²) in [5.74, 6) is -0.763. The number of carbonyl (C=O) groups is 1. The molecule has 0 unspecified atom stereocenters. The summed E-state index contributed by atoms with van der Waals surface area (Å²) in [7, 11) is 1.29. The standard InChI is InChI=1S/C9H9FO2.C2H6/c1-6-5-7(9(11)12-2)3-4-8(6)10;1-2/h3-5H,1-2H3;1-2H3. The number of aryl methyl sites for hydroxylation is 1. The van der Waals surface area contributed by atoms with Crippen molar-refractivity contribution in [3.63, 3.8) is 0 Å². The topological polar surface area (TPSA) is 26.3 Å². The van der Waals surface area contributed by atoms with Crippen molar-refractivity contribution in [3.05, 3.63) is 35.1 Å². The minimum Gasteiger partial charge on any atom is -0.465 e. The van der Waals surface area contributed by atoms with Crippen LogP contribution in [-0.2, 0) is 4.74 Å². The molecule has 2 nitrogen and oxygen atoms in total. The van der Waals surface area contributed by atoms with E-state index >= 15 is 0 Å². The third kappa shape index (κ3) is 3.17. The number of ether oxygens (including phenoxy) is 1. The molecule has 0 atom stereocenters. The van der Waals surface area contributed by atoms with Crippen molar-refractivity contribution in [1.29, 1.82) is 0 Å². The van der Waals surface area contributed by atoms with Crippen LogP contribution in [-0.4, -0.2) is 13.1 Å². The molecule has 0 aliphatic carbocycles. The second-order valence-electron chi connectivity index (χ2n) is 2.46. The van der Waals surface area contributed by atoms with E-state index in [1.54, 1.807) is 6.92 Å². The molecule has 0 amide bonds. The number of methoxy groups -OCH3 is 1. The van der Waals surface area contributed by atoms with Crippen LogP contribution in [0.25, 0.3) is 0 Å². The van der Waals surface area contributed by atoms with Crippen molar-refractivity contribution < 1.29 is 13.9 Å². The summed E-state index contributed by atoms with van der Waals surface area (Å²) < 4.78 is 17.2. The third-order valence-corrected chi connectivity index (χ3v) is 1.58. The Bertz CT molecular complexity index is 308. The zero-order valence-corrected chi connectivity index (χ0v) is 8.93. The van der Waals surface area contributed by atoms with Crippen LogP contribution in [0.5, 0.6) is 0 Å². The maximum absolute atomic E-state index is 12.7. The van der Waals surface area contributed by atoms with Gasteiger partial charge in [0.25, 0.3) is 0 Å². The second-order valence-corrected chi connectivity index (χ2v) is 2.46. The van der Waals surface area contributed by atoms with Crippen LogP contribution in [0.4, 0.5) is 4.39 Å². The maximum atomic E-state index is 12.7. The van der Waals surface area contributed by atoms with Gasteiger partial charge in [0.2, 0.25) is 0 Å². The first-order valence-electron chi connectivity index (χ1n) is 4.49. The number of benzene rings is 1. The number of halogens is 1. The zero-order valence-electron chi connectivity index (χ0n) is 8.93. The normalized spacial score (nSPS) is 8.64. The number of hydrogen-bond acceptors (Lipinski definition) is 2. The molecule has 0 radical (unpaired) electrons. The summed E-state index contributed by atoms with van der Waals surface area (Å²) in [5, 5.41) is 0. The summed E-state index contributed by atoms with van der Waals surface area (Å²) in [6.45, 7) is 5.60. The van der Waals surface area contributed by atoms with E-state index in [0.717, 1.165) is 0 Å². The summed E-state index contributed by atoms with van der Waals surface area (Å²) in [6.07, 6.45) is 0. The van der Waals surface area contributed by atoms with Crippen molar-refractivity contribution in [1.82, 2.24) is 0 Å². The van der Waals surface area contributed by atoms with E-state index in [-0.39, 0.29) is 5.82 Å². The van der Waals surface area contributed by atoms with E-state index in [2.05, 4.69) is 4.74 Å². The Morgan fingerprint density at radius 3 is 2.36 bits per heavy atom. The lowest BCUT2D eigenvalue weighted by Crippen LogP contribution is -2.01. The molecule has 0 aromatic heterocycles. The maximum Gasteiger partial charge on any atom is 0.337 e. The van der Waals surface area contributed by atoms with Gasteiger partial charge < -0.3 is 4.74 Å². The summed E-state index contributed by atoms with van der Waals surface area (Å²) in [4.78, 5) is 10.9. The molecule has 0 aliphatic heterocycles. The van der Waals surface area contributed by atoms with Gasteiger partial charge in [-0.15, -0.1) is 0 Å². The lowest BCUT2D eigenvalue weighted by atomic mass is 10.1. The molecule has 0 saturated heterocycles. The molecule has 0 bridgehead atoms. The fourth-order valence-corrected chi connectivity index (χ4v) is 0.890. The van der Waals surface area contributed by atoms with Gasteiger partial charge in [0.15, 0.2) is 0 Å². The zero-order chi connectivity index (χ0) is 11.1. The predicted octanol–water partition coefficient (Wildman–Crippen LogP) is 2.95. The highest BCUT2D eigenvalue weighted by Gasteiger charge is 2.06. The van der Waals surface area contributed by atoms with Gasteiger partial charge >= 0.3 is 5.97 Å². The Balaban J connectivity index is 0.000000791. The predicted molar refractivity (Wildman–Crippen MR) is 53.8 cm³/mol. The van der Waals surface area contributed by atoms with Crippen LogP contribution in [0, 0.1) is 12.7 Å². The van der Waals surface area contributed by atoms with Gasteiger partial charge in [0.05, 0.1) is 12.7 Å². The molecule has 0 N–H and O–H groups in total. The summed E-state index contributed by atoms with van der Waals surface area (Å²) in [5.41, 5.74) is 0.814. The van der Waals surface area contributed by atoms with Gasteiger partial charge in [-0.25, -0.2) is 9.18 Å². The van der Waals surface area contributed by atoms with E-state index in [0.29, 0.717) is 11.1 Å². The van der Waals surface area contributed by atoms with Crippen molar-refractivity contribution in [3.8, 4) is 0 Å². The molecule has 14 heavy (non-hydrogen) atoms. The monoisotopic (exact) mass is 198 g/mol. The van der Waals surface area contributed by atoms with Crippen LogP contribution in [0.2, 0.25) is 0 Å². The highest BCUT2D eigenvalue weighted by Crippen LogP contribution is 2.09. The fraction of sp³-hybridized carbons (Fsp3) is 0.364. The first-order valence-corrected chi connectivity index (χ1v) is 4.49. The molecular formula is C11H15FO2. The van der Waals surface area contributed by atoms with Crippen molar-refractivity contribution in [2.24, 2.45) is 0 Å². The molecule has 0 fully saturated rings. The van der Waals surface area contributed by atoms with Crippen molar-refractivity contribution >= 4 is 5.97 Å². The van der Waals surface area contributed by atoms with Gasteiger partial charge in [-0.1, -0.05) is 13.8 Å². The van der Waals surface area contributed by atoms with Gasteiger partial charge in [0, 0.05) is 0 Å². The molecule has 1 rings (SSSR count). The number of rotatable bonds is 1. The SMILES string of the molecule is CC.COC(=O)c1ccc(F)c(C)c1. The number of hydrogen-bond donors (Lipinski definition) is 0. The molecular weight excluding hydrogens is 183 g/mol. The Hall–Kier alpha value is -1.38. The third-order valence-electron chi connectivity index (χ3n) is 1.58. The number of carbonyl (C=O) groups excluding carboxylic acids is 1. The Kier molecular flexibility index (Phi) is 5.53. The van der Waals surface area contributed by atoms with E-state index in [1.165, 1.54) is 25.3 Å². The highest BCUT2D eigenvalue weighted by atomic mass is 19.1. The van der Waals surface area contributed by atoms with Crippen LogP contribution in [0.15, 0.2) is 18.2 Å². The average molecular weight is 198 g/mol. The highest BCUT2D eigenvalue weighted by molar-refractivity contribution is 5.89. The molecule has 0 aliphatic rings. The van der Waals surface area contributed by atoms with Gasteiger partial charge in [-0.05, 0) is 30.7 Å². The Morgan fingerprint density at radius 2 is 1.93 bits per heavy atom. The van der Waals surface area contributed by atoms with Gasteiger partial charge in [-0.2, -0.15) is 0 Å². The quantitative estimate of drug-likeness (QED) is 0.648. The Morgan fingerprint density at radius 1 is 1.36 bits per heavy atom. The number of esters is 1. The molecule has 1 aromatic rings. The van der Waals surface area contributed by atoms with Crippen LogP contribution in [0.1, 0.15) is 29.8 Å². The summed E-state index contributed by atoms with van der Waals surface area (Å²) >= 11 is 0. The van der Waals surface area contributed by atoms with Crippen molar-refractivity contribution in [2.75, 3.05) is 7.11 Å². The second kappa shape index (κ2) is 6.13. The lowest BCUT2D eigenvalue weighted by molar-refractivity contribution is 0.0600. The van der Waals surface area contributed by atoms with E-state index in [4.69, 9.17) is 0 Å². The molecule has 0 saturated carbocycles. The molecule has 3 heteroatoms. The molecule has 1 aromatic carbocycles. The molecule has 0 heterocycles. The van der Waals surface area contributed by atoms with E-state index in [9.17, 15) is 9.18 Å². The van der Waals surface area contributed by atoms with Crippen LogP contribution < -0.4 is 0 Å². The molecule has 0 spiro atoms. The minimum absolute atomic E-state index is 0.317. The van der Waals surface area contributed by atoms with Gasteiger partial charge in [0.1, 0.15) is 5.82 Å². The van der Waals surface area contributed by atoms with E-state index < -0.39 is 5.97 Å². The minimum atomic E-state index is -0.446. The molecule has 78 valence electrons. The van der Waals surface area contributed by atoms with Crippen LogP contribution >= 0.6 is 0 Å². The van der Waals surface area contributed by atoms with Gasteiger partial charge in [-0.3, -0.25) is 0 Å². The van der Waals surface area contributed by atoms with E-state index in [1.807, 2.05) is 13.8 Å². The summed E-state index contributed by atoms with van der Waals surface area (Å²) in [6, 6.07) is 4.11. The van der Waals surface area contributed by atoms with Crippen LogP contribution in [0.3, 0.4) is 0 Å². The largest absolute Gasteiger partial charge is 0.465 e. The fourth-order valence-electron chi connectivity index (χ4n) is 0.890.